The normalized spacial score (nSPS) is 12.7. The Kier molecular flexibility index (Phi) is 7.70. The highest BCUT2D eigenvalue weighted by Crippen LogP contribution is 2.28. The summed E-state index contributed by atoms with van der Waals surface area (Å²) in [5.41, 5.74) is 3.05. The van der Waals surface area contributed by atoms with Crippen LogP contribution >= 0.6 is 0 Å². The molecule has 0 saturated carbocycles. The monoisotopic (exact) mass is 479 g/mol. The standard InChI is InChI=1S/C27H27F2N3O3/c1-35-27(34)26-21(6-2-7-22(26)28)18-9-10-19(23(29)15-18)17-31-25(33)8-4-14-32-13-3-5-20-16-30-12-11-24(20)32/h2,6-7,9-12,15-16H,3-5,8,13-14,17H2,1H3,(H,31,33). The minimum Gasteiger partial charge on any atom is -0.465 e. The Hall–Kier alpha value is -3.81. The molecule has 0 fully saturated rings. The zero-order valence-electron chi connectivity index (χ0n) is 19.5. The number of nitrogens with one attached hydrogen (secondary N) is 1. The van der Waals surface area contributed by atoms with Crippen LogP contribution < -0.4 is 10.2 Å². The molecule has 0 bridgehead atoms. The molecule has 182 valence electrons. The SMILES string of the molecule is COC(=O)c1c(F)cccc1-c1ccc(CNC(=O)CCCN2CCCc3cnccc32)c(F)c1. The van der Waals surface area contributed by atoms with E-state index in [1.54, 1.807) is 12.3 Å². The minimum atomic E-state index is -0.834. The molecule has 0 atom stereocenters. The maximum Gasteiger partial charge on any atom is 0.341 e. The number of carbonyl (C=O) groups excluding carboxylic acids is 2. The summed E-state index contributed by atoms with van der Waals surface area (Å²) in [5, 5.41) is 2.76. The molecule has 1 aromatic heterocycles. The predicted molar refractivity (Wildman–Crippen MR) is 129 cm³/mol. The summed E-state index contributed by atoms with van der Waals surface area (Å²) < 4.78 is 33.6. The average molecular weight is 480 g/mol. The number of nitrogens with zero attached hydrogens (tertiary/aromatic N) is 2. The fourth-order valence-corrected chi connectivity index (χ4v) is 4.38. The largest absolute Gasteiger partial charge is 0.465 e. The summed E-state index contributed by atoms with van der Waals surface area (Å²) in [6.45, 7) is 1.76. The molecule has 0 spiro atoms. The number of halogens is 2. The van der Waals surface area contributed by atoms with Gasteiger partial charge in [-0.1, -0.05) is 24.3 Å². The molecule has 0 saturated heterocycles. The lowest BCUT2D eigenvalue weighted by molar-refractivity contribution is -0.121. The van der Waals surface area contributed by atoms with E-state index >= 15 is 0 Å². The van der Waals surface area contributed by atoms with Gasteiger partial charge in [0.15, 0.2) is 0 Å². The summed E-state index contributed by atoms with van der Waals surface area (Å²) in [4.78, 5) is 30.8. The van der Waals surface area contributed by atoms with Crippen molar-refractivity contribution < 1.29 is 23.1 Å². The molecule has 0 unspecified atom stereocenters. The van der Waals surface area contributed by atoms with E-state index in [4.69, 9.17) is 0 Å². The topological polar surface area (TPSA) is 71.5 Å². The fourth-order valence-electron chi connectivity index (χ4n) is 4.38. The Morgan fingerprint density at radius 1 is 1.14 bits per heavy atom. The molecule has 1 N–H and O–H groups in total. The molecule has 1 amide bonds. The van der Waals surface area contributed by atoms with Crippen LogP contribution in [0.2, 0.25) is 0 Å². The molecule has 35 heavy (non-hydrogen) atoms. The van der Waals surface area contributed by atoms with Crippen molar-refractivity contribution in [2.24, 2.45) is 0 Å². The third-order valence-electron chi connectivity index (χ3n) is 6.17. The first-order valence-corrected chi connectivity index (χ1v) is 11.6. The second kappa shape index (κ2) is 11.1. The van der Waals surface area contributed by atoms with Crippen LogP contribution in [0.3, 0.4) is 0 Å². The molecule has 3 aromatic rings. The lowest BCUT2D eigenvalue weighted by Gasteiger charge is -2.30. The number of aromatic nitrogens is 1. The van der Waals surface area contributed by atoms with Crippen LogP contribution in [0.4, 0.5) is 14.5 Å². The van der Waals surface area contributed by atoms with Crippen LogP contribution in [0.25, 0.3) is 11.1 Å². The average Bonchev–Trinajstić information content (AvgIpc) is 2.87. The van der Waals surface area contributed by atoms with Crippen LogP contribution in [0, 0.1) is 11.6 Å². The van der Waals surface area contributed by atoms with Crippen molar-refractivity contribution in [1.82, 2.24) is 10.3 Å². The van der Waals surface area contributed by atoms with Crippen LogP contribution in [0.15, 0.2) is 54.9 Å². The molecule has 8 heteroatoms. The van der Waals surface area contributed by atoms with E-state index in [0.717, 1.165) is 39.1 Å². The van der Waals surface area contributed by atoms with Crippen molar-refractivity contribution in [2.75, 3.05) is 25.1 Å². The molecule has 1 aliphatic heterocycles. The van der Waals surface area contributed by atoms with Crippen molar-refractivity contribution in [3.63, 3.8) is 0 Å². The highest BCUT2D eigenvalue weighted by Gasteiger charge is 2.20. The third kappa shape index (κ3) is 5.65. The van der Waals surface area contributed by atoms with Crippen molar-refractivity contribution in [2.45, 2.75) is 32.2 Å². The third-order valence-corrected chi connectivity index (χ3v) is 6.17. The van der Waals surface area contributed by atoms with Gasteiger partial charge in [0.05, 0.1) is 7.11 Å². The Morgan fingerprint density at radius 3 is 2.80 bits per heavy atom. The Balaban J connectivity index is 1.33. The minimum absolute atomic E-state index is 0.0379. The second-order valence-electron chi connectivity index (χ2n) is 8.44. The molecular formula is C27H27F2N3O3. The number of fused-ring (bicyclic) bond motifs is 1. The summed E-state index contributed by atoms with van der Waals surface area (Å²) in [6.07, 6.45) is 6.80. The van der Waals surface area contributed by atoms with Crippen molar-refractivity contribution in [3.05, 3.63) is 83.2 Å². The van der Waals surface area contributed by atoms with Crippen LogP contribution in [0.1, 0.15) is 40.7 Å². The second-order valence-corrected chi connectivity index (χ2v) is 8.44. The zero-order valence-corrected chi connectivity index (χ0v) is 19.5. The number of aryl methyl sites for hydroxylation is 1. The number of benzene rings is 2. The summed E-state index contributed by atoms with van der Waals surface area (Å²) in [5.74, 6) is -2.28. The van der Waals surface area contributed by atoms with Gasteiger partial charge in [0.25, 0.3) is 0 Å². The van der Waals surface area contributed by atoms with E-state index in [-0.39, 0.29) is 23.6 Å². The van der Waals surface area contributed by atoms with E-state index < -0.39 is 17.6 Å². The van der Waals surface area contributed by atoms with Gasteiger partial charge < -0.3 is 15.0 Å². The predicted octanol–water partition coefficient (Wildman–Crippen LogP) is 4.66. The molecule has 4 rings (SSSR count). The molecule has 6 nitrogen and oxygen atoms in total. The Bertz CT molecular complexity index is 1230. The number of amides is 1. The van der Waals surface area contributed by atoms with Gasteiger partial charge in [0, 0.05) is 49.7 Å². The number of pyridine rings is 1. The number of hydrogen-bond donors (Lipinski definition) is 1. The molecule has 1 aliphatic rings. The number of hydrogen-bond acceptors (Lipinski definition) is 5. The summed E-state index contributed by atoms with van der Waals surface area (Å²) in [6, 6.07) is 10.5. The van der Waals surface area contributed by atoms with E-state index in [1.165, 1.54) is 35.5 Å². The Morgan fingerprint density at radius 2 is 2.00 bits per heavy atom. The molecule has 2 aromatic carbocycles. The van der Waals surface area contributed by atoms with Crippen LogP contribution in [-0.4, -0.2) is 37.1 Å². The maximum atomic E-state index is 14.8. The molecule has 2 heterocycles. The van der Waals surface area contributed by atoms with Crippen molar-refractivity contribution >= 4 is 17.6 Å². The number of carbonyl (C=O) groups is 2. The van der Waals surface area contributed by atoms with E-state index in [1.807, 2.05) is 12.3 Å². The van der Waals surface area contributed by atoms with Gasteiger partial charge in [-0.05, 0) is 54.2 Å². The Labute approximate surface area is 202 Å². The zero-order chi connectivity index (χ0) is 24.8. The smallest absolute Gasteiger partial charge is 0.341 e. The summed E-state index contributed by atoms with van der Waals surface area (Å²) in [7, 11) is 1.16. The van der Waals surface area contributed by atoms with E-state index in [9.17, 15) is 18.4 Å². The number of methoxy groups -OCH3 is 1. The number of rotatable bonds is 8. The quantitative estimate of drug-likeness (QED) is 0.476. The maximum absolute atomic E-state index is 14.8. The first-order chi connectivity index (χ1) is 17.0. The van der Waals surface area contributed by atoms with Gasteiger partial charge in [-0.2, -0.15) is 0 Å². The highest BCUT2D eigenvalue weighted by atomic mass is 19.1. The first-order valence-electron chi connectivity index (χ1n) is 11.6. The van der Waals surface area contributed by atoms with Gasteiger partial charge in [0.2, 0.25) is 5.91 Å². The van der Waals surface area contributed by atoms with Gasteiger partial charge >= 0.3 is 5.97 Å². The summed E-state index contributed by atoms with van der Waals surface area (Å²) >= 11 is 0. The van der Waals surface area contributed by atoms with Crippen LogP contribution in [0.5, 0.6) is 0 Å². The van der Waals surface area contributed by atoms with E-state index in [0.29, 0.717) is 24.0 Å². The number of anilines is 1. The number of esters is 1. The molecule has 0 radical (unpaired) electrons. The van der Waals surface area contributed by atoms with Crippen LogP contribution in [-0.2, 0) is 22.5 Å². The van der Waals surface area contributed by atoms with Gasteiger partial charge in [0.1, 0.15) is 17.2 Å². The first kappa shape index (κ1) is 24.3. The van der Waals surface area contributed by atoms with Gasteiger partial charge in [-0.3, -0.25) is 9.78 Å². The highest BCUT2D eigenvalue weighted by molar-refractivity contribution is 5.97. The van der Waals surface area contributed by atoms with Gasteiger partial charge in [-0.15, -0.1) is 0 Å². The number of ether oxygens (including phenoxy) is 1. The fraction of sp³-hybridized carbons (Fsp3) is 0.296. The van der Waals surface area contributed by atoms with Crippen molar-refractivity contribution in [1.29, 1.82) is 0 Å². The lowest BCUT2D eigenvalue weighted by atomic mass is 9.98. The van der Waals surface area contributed by atoms with Gasteiger partial charge in [-0.25, -0.2) is 13.6 Å². The molecular weight excluding hydrogens is 452 g/mol. The lowest BCUT2D eigenvalue weighted by Crippen LogP contribution is -2.31. The van der Waals surface area contributed by atoms with E-state index in [2.05, 4.69) is 19.9 Å². The van der Waals surface area contributed by atoms with Crippen molar-refractivity contribution in [3.8, 4) is 11.1 Å². The molecule has 0 aliphatic carbocycles.